The molecule has 0 aromatic heterocycles. The van der Waals surface area contributed by atoms with Crippen molar-refractivity contribution >= 4 is 11.9 Å². The number of rotatable bonds is 8. The van der Waals surface area contributed by atoms with Crippen LogP contribution in [0.15, 0.2) is 0 Å². The Balaban J connectivity index is 3.97. The molecule has 0 fully saturated rings. The Morgan fingerprint density at radius 3 is 2.53 bits per heavy atom. The van der Waals surface area contributed by atoms with Crippen LogP contribution in [0.25, 0.3) is 0 Å². The number of aliphatic hydroxyl groups is 1. The number of nitrogens with one attached hydrogen (secondary N) is 1. The van der Waals surface area contributed by atoms with Gasteiger partial charge in [0.1, 0.15) is 6.10 Å². The fourth-order valence-electron chi connectivity index (χ4n) is 0.959. The van der Waals surface area contributed by atoms with Gasteiger partial charge >= 0.3 is 5.97 Å². The van der Waals surface area contributed by atoms with Gasteiger partial charge in [-0.2, -0.15) is 0 Å². The summed E-state index contributed by atoms with van der Waals surface area (Å²) in [6.45, 7) is 4.86. The molecule has 0 aromatic rings. The van der Waals surface area contributed by atoms with E-state index in [1.165, 1.54) is 0 Å². The maximum absolute atomic E-state index is 11.5. The number of ether oxygens (including phenoxy) is 1. The molecule has 0 radical (unpaired) electrons. The van der Waals surface area contributed by atoms with Crippen LogP contribution in [0.4, 0.5) is 0 Å². The summed E-state index contributed by atoms with van der Waals surface area (Å²) in [6.07, 6.45) is 1.19. The van der Waals surface area contributed by atoms with Crippen LogP contribution in [-0.4, -0.2) is 46.9 Å². The Bertz CT molecular complexity index is 265. The van der Waals surface area contributed by atoms with Crippen molar-refractivity contribution in [3.63, 3.8) is 0 Å². The summed E-state index contributed by atoms with van der Waals surface area (Å²) < 4.78 is 5.23. The molecular formula is C11H21NO5. The van der Waals surface area contributed by atoms with Crippen molar-refractivity contribution in [1.82, 2.24) is 5.32 Å². The van der Waals surface area contributed by atoms with E-state index in [1.54, 1.807) is 6.92 Å². The fraction of sp³-hybridized carbons (Fsp3) is 0.818. The van der Waals surface area contributed by atoms with Crippen LogP contribution in [0.1, 0.15) is 33.6 Å². The predicted molar refractivity (Wildman–Crippen MR) is 61.6 cm³/mol. The summed E-state index contributed by atoms with van der Waals surface area (Å²) >= 11 is 0. The van der Waals surface area contributed by atoms with Gasteiger partial charge in [0, 0.05) is 6.61 Å². The van der Waals surface area contributed by atoms with E-state index in [-0.39, 0.29) is 6.54 Å². The van der Waals surface area contributed by atoms with E-state index < -0.39 is 23.6 Å². The minimum atomic E-state index is -1.96. The van der Waals surface area contributed by atoms with Crippen molar-refractivity contribution in [2.45, 2.75) is 45.3 Å². The zero-order valence-electron chi connectivity index (χ0n) is 10.5. The molecule has 0 saturated heterocycles. The first-order chi connectivity index (χ1) is 7.81. The van der Waals surface area contributed by atoms with Gasteiger partial charge in [0.05, 0.1) is 6.54 Å². The monoisotopic (exact) mass is 247 g/mol. The van der Waals surface area contributed by atoms with Crippen molar-refractivity contribution in [3.05, 3.63) is 0 Å². The number of unbranched alkanes of at least 4 members (excludes halogenated alkanes) is 1. The third-order valence-electron chi connectivity index (χ3n) is 2.30. The molecule has 0 aliphatic heterocycles. The number of aliphatic carboxylic acids is 1. The second kappa shape index (κ2) is 7.24. The first kappa shape index (κ1) is 15.9. The van der Waals surface area contributed by atoms with Crippen LogP contribution >= 0.6 is 0 Å². The maximum Gasteiger partial charge on any atom is 0.337 e. The molecule has 100 valence electrons. The molecule has 0 heterocycles. The Hall–Kier alpha value is -1.14. The molecule has 3 N–H and O–H groups in total. The molecule has 2 atom stereocenters. The lowest BCUT2D eigenvalue weighted by atomic mass is 10.1. The highest BCUT2D eigenvalue weighted by atomic mass is 16.5. The summed E-state index contributed by atoms with van der Waals surface area (Å²) in [5.74, 6) is -1.81. The molecule has 0 saturated carbocycles. The highest BCUT2D eigenvalue weighted by Gasteiger charge is 2.30. The molecule has 6 heteroatoms. The van der Waals surface area contributed by atoms with Crippen LogP contribution in [0.2, 0.25) is 0 Å². The average Bonchev–Trinajstić information content (AvgIpc) is 2.26. The molecular weight excluding hydrogens is 226 g/mol. The SMILES string of the molecule is CCCCOC(C)C(=O)NCC(C)(O)C(=O)O. The molecule has 0 bridgehead atoms. The molecule has 0 aliphatic rings. The van der Waals surface area contributed by atoms with Crippen molar-refractivity contribution < 1.29 is 24.5 Å². The molecule has 0 spiro atoms. The van der Waals surface area contributed by atoms with E-state index in [1.807, 2.05) is 6.92 Å². The summed E-state index contributed by atoms with van der Waals surface area (Å²) in [7, 11) is 0. The summed E-state index contributed by atoms with van der Waals surface area (Å²) in [5, 5.41) is 20.4. The molecule has 2 unspecified atom stereocenters. The second-order valence-electron chi connectivity index (χ2n) is 4.16. The van der Waals surface area contributed by atoms with Crippen LogP contribution in [-0.2, 0) is 14.3 Å². The van der Waals surface area contributed by atoms with Crippen LogP contribution in [0, 0.1) is 0 Å². The van der Waals surface area contributed by atoms with Crippen molar-refractivity contribution in [3.8, 4) is 0 Å². The zero-order chi connectivity index (χ0) is 13.5. The van der Waals surface area contributed by atoms with E-state index in [2.05, 4.69) is 5.32 Å². The predicted octanol–water partition coefficient (Wildman–Crippen LogP) is 0.143. The molecule has 0 aliphatic carbocycles. The minimum absolute atomic E-state index is 0.345. The lowest BCUT2D eigenvalue weighted by Gasteiger charge is -2.20. The van der Waals surface area contributed by atoms with Gasteiger partial charge in [-0.25, -0.2) is 4.79 Å². The molecule has 1 amide bonds. The molecule has 0 aromatic carbocycles. The highest BCUT2D eigenvalue weighted by molar-refractivity contribution is 5.82. The van der Waals surface area contributed by atoms with Gasteiger partial charge in [-0.3, -0.25) is 4.79 Å². The Kier molecular flexibility index (Phi) is 6.75. The van der Waals surface area contributed by atoms with Gasteiger partial charge in [0.2, 0.25) is 5.91 Å². The van der Waals surface area contributed by atoms with Gasteiger partial charge in [-0.05, 0) is 20.3 Å². The van der Waals surface area contributed by atoms with E-state index >= 15 is 0 Å². The normalized spacial score (nSPS) is 16.0. The van der Waals surface area contributed by atoms with Gasteiger partial charge in [0.15, 0.2) is 5.60 Å². The molecule has 0 rings (SSSR count). The Morgan fingerprint density at radius 1 is 1.47 bits per heavy atom. The topological polar surface area (TPSA) is 95.9 Å². The fourth-order valence-corrected chi connectivity index (χ4v) is 0.959. The Labute approximate surface area is 101 Å². The number of amides is 1. The zero-order valence-corrected chi connectivity index (χ0v) is 10.5. The average molecular weight is 247 g/mol. The maximum atomic E-state index is 11.5. The summed E-state index contributed by atoms with van der Waals surface area (Å²) in [6, 6.07) is 0. The third-order valence-corrected chi connectivity index (χ3v) is 2.30. The lowest BCUT2D eigenvalue weighted by Crippen LogP contribution is -2.48. The van der Waals surface area contributed by atoms with Crippen molar-refractivity contribution in [2.24, 2.45) is 0 Å². The van der Waals surface area contributed by atoms with E-state index in [0.29, 0.717) is 6.61 Å². The number of carbonyl (C=O) groups is 2. The lowest BCUT2D eigenvalue weighted by molar-refractivity contribution is -0.156. The van der Waals surface area contributed by atoms with Gasteiger partial charge < -0.3 is 20.3 Å². The largest absolute Gasteiger partial charge is 0.479 e. The highest BCUT2D eigenvalue weighted by Crippen LogP contribution is 2.02. The van der Waals surface area contributed by atoms with Crippen molar-refractivity contribution in [1.29, 1.82) is 0 Å². The molecule has 17 heavy (non-hydrogen) atoms. The number of hydrogen-bond donors (Lipinski definition) is 3. The van der Waals surface area contributed by atoms with E-state index in [0.717, 1.165) is 19.8 Å². The Morgan fingerprint density at radius 2 is 2.06 bits per heavy atom. The minimum Gasteiger partial charge on any atom is -0.479 e. The standard InChI is InChI=1S/C11H21NO5/c1-4-5-6-17-8(2)9(13)12-7-11(3,16)10(14)15/h8,16H,4-7H2,1-3H3,(H,12,13)(H,14,15). The quantitative estimate of drug-likeness (QED) is 0.530. The number of hydrogen-bond acceptors (Lipinski definition) is 4. The van der Waals surface area contributed by atoms with Gasteiger partial charge in [0.25, 0.3) is 0 Å². The second-order valence-corrected chi connectivity index (χ2v) is 4.16. The van der Waals surface area contributed by atoms with Crippen LogP contribution in [0.3, 0.4) is 0 Å². The van der Waals surface area contributed by atoms with E-state index in [9.17, 15) is 14.7 Å². The van der Waals surface area contributed by atoms with Crippen molar-refractivity contribution in [2.75, 3.05) is 13.2 Å². The number of carboxylic acids is 1. The summed E-state index contributed by atoms with van der Waals surface area (Å²) in [5.41, 5.74) is -1.96. The van der Waals surface area contributed by atoms with Crippen LogP contribution in [0.5, 0.6) is 0 Å². The number of carbonyl (C=O) groups excluding carboxylic acids is 1. The first-order valence-electron chi connectivity index (χ1n) is 5.66. The van der Waals surface area contributed by atoms with E-state index in [4.69, 9.17) is 9.84 Å². The van der Waals surface area contributed by atoms with Gasteiger partial charge in [-0.1, -0.05) is 13.3 Å². The number of carboxylic acid groups (broad SMARTS) is 1. The first-order valence-corrected chi connectivity index (χ1v) is 5.66. The molecule has 6 nitrogen and oxygen atoms in total. The van der Waals surface area contributed by atoms with Gasteiger partial charge in [-0.15, -0.1) is 0 Å². The summed E-state index contributed by atoms with van der Waals surface area (Å²) in [4.78, 5) is 22.0. The third kappa shape index (κ3) is 6.23. The van der Waals surface area contributed by atoms with Crippen LogP contribution < -0.4 is 5.32 Å². The smallest absolute Gasteiger partial charge is 0.337 e.